The zero-order valence-corrected chi connectivity index (χ0v) is 17.1. The molecule has 2 aromatic carbocycles. The lowest BCUT2D eigenvalue weighted by Crippen LogP contribution is -2.24. The third-order valence-corrected chi connectivity index (χ3v) is 5.37. The highest BCUT2D eigenvalue weighted by molar-refractivity contribution is 5.94. The number of anilines is 1. The molecule has 0 unspecified atom stereocenters. The van der Waals surface area contributed by atoms with E-state index in [1.54, 1.807) is 0 Å². The summed E-state index contributed by atoms with van der Waals surface area (Å²) < 4.78 is 1.94. The van der Waals surface area contributed by atoms with Crippen molar-refractivity contribution in [3.05, 3.63) is 77.1 Å². The van der Waals surface area contributed by atoms with Crippen LogP contribution in [0.2, 0.25) is 0 Å². The predicted octanol–water partition coefficient (Wildman–Crippen LogP) is 4.03. The number of amides is 2. The third-order valence-electron chi connectivity index (χ3n) is 5.37. The molecule has 4 rings (SSSR count). The summed E-state index contributed by atoms with van der Waals surface area (Å²) in [7, 11) is 0. The summed E-state index contributed by atoms with van der Waals surface area (Å²) in [6.45, 7) is 1.89. The fraction of sp³-hybridized carbons (Fsp3) is 0.292. The highest BCUT2D eigenvalue weighted by Crippen LogP contribution is 2.26. The minimum Gasteiger partial charge on any atom is -0.347 e. The smallest absolute Gasteiger partial charge is 0.272 e. The van der Waals surface area contributed by atoms with E-state index in [9.17, 15) is 9.59 Å². The van der Waals surface area contributed by atoms with Crippen LogP contribution in [0.5, 0.6) is 0 Å². The van der Waals surface area contributed by atoms with Crippen molar-refractivity contribution in [3.8, 4) is 5.69 Å². The first-order valence-corrected chi connectivity index (χ1v) is 10.4. The number of para-hydroxylation sites is 1. The van der Waals surface area contributed by atoms with Crippen molar-refractivity contribution in [1.29, 1.82) is 0 Å². The van der Waals surface area contributed by atoms with Crippen LogP contribution in [0.3, 0.4) is 0 Å². The highest BCUT2D eigenvalue weighted by atomic mass is 16.2. The molecule has 0 aliphatic heterocycles. The van der Waals surface area contributed by atoms with Crippen molar-refractivity contribution in [1.82, 2.24) is 15.1 Å². The molecule has 6 heteroatoms. The fourth-order valence-corrected chi connectivity index (χ4v) is 3.92. The SMILES string of the molecule is CC(=O)Nc1ccc(CNC(=O)c2nn(-c3ccccc3)c3c2CCCCC3)cc1. The van der Waals surface area contributed by atoms with E-state index in [-0.39, 0.29) is 11.8 Å². The van der Waals surface area contributed by atoms with Crippen LogP contribution in [0.15, 0.2) is 54.6 Å². The Kier molecular flexibility index (Phi) is 5.93. The van der Waals surface area contributed by atoms with Crippen LogP contribution in [-0.4, -0.2) is 21.6 Å². The van der Waals surface area contributed by atoms with E-state index < -0.39 is 0 Å². The maximum atomic E-state index is 13.0. The summed E-state index contributed by atoms with van der Waals surface area (Å²) in [6.07, 6.45) is 5.20. The van der Waals surface area contributed by atoms with Crippen molar-refractivity contribution < 1.29 is 9.59 Å². The Bertz CT molecular complexity index is 1040. The van der Waals surface area contributed by atoms with Crippen LogP contribution in [0.25, 0.3) is 5.69 Å². The van der Waals surface area contributed by atoms with Gasteiger partial charge in [-0.15, -0.1) is 0 Å². The van der Waals surface area contributed by atoms with Crippen molar-refractivity contribution in [2.75, 3.05) is 5.32 Å². The predicted molar refractivity (Wildman–Crippen MR) is 117 cm³/mol. The van der Waals surface area contributed by atoms with Gasteiger partial charge in [0, 0.05) is 30.4 Å². The molecule has 0 radical (unpaired) electrons. The molecule has 154 valence electrons. The van der Waals surface area contributed by atoms with Gasteiger partial charge in [0.1, 0.15) is 0 Å². The van der Waals surface area contributed by atoms with Gasteiger partial charge in [-0.2, -0.15) is 5.10 Å². The van der Waals surface area contributed by atoms with Gasteiger partial charge in [0.25, 0.3) is 5.91 Å². The third kappa shape index (κ3) is 4.43. The number of nitrogens with zero attached hydrogens (tertiary/aromatic N) is 2. The topological polar surface area (TPSA) is 76.0 Å². The molecule has 0 atom stereocenters. The summed E-state index contributed by atoms with van der Waals surface area (Å²) in [4.78, 5) is 24.2. The monoisotopic (exact) mass is 402 g/mol. The van der Waals surface area contributed by atoms with Crippen LogP contribution in [0.4, 0.5) is 5.69 Å². The average molecular weight is 402 g/mol. The number of benzene rings is 2. The van der Waals surface area contributed by atoms with Crippen molar-refractivity contribution in [2.45, 2.75) is 45.6 Å². The van der Waals surface area contributed by atoms with Crippen molar-refractivity contribution >= 4 is 17.5 Å². The number of hydrogen-bond acceptors (Lipinski definition) is 3. The zero-order chi connectivity index (χ0) is 20.9. The molecule has 1 aliphatic carbocycles. The summed E-state index contributed by atoms with van der Waals surface area (Å²) in [6, 6.07) is 17.5. The number of rotatable bonds is 5. The largest absolute Gasteiger partial charge is 0.347 e. The second kappa shape index (κ2) is 8.95. The Morgan fingerprint density at radius 2 is 1.70 bits per heavy atom. The second-order valence-electron chi connectivity index (χ2n) is 7.64. The van der Waals surface area contributed by atoms with Gasteiger partial charge in [-0.1, -0.05) is 36.8 Å². The average Bonchev–Trinajstić information content (AvgIpc) is 2.94. The second-order valence-corrected chi connectivity index (χ2v) is 7.64. The molecule has 0 spiro atoms. The lowest BCUT2D eigenvalue weighted by Gasteiger charge is -2.07. The molecule has 30 heavy (non-hydrogen) atoms. The Balaban J connectivity index is 1.54. The molecule has 3 aromatic rings. The number of carbonyl (C=O) groups excluding carboxylic acids is 2. The zero-order valence-electron chi connectivity index (χ0n) is 17.1. The van der Waals surface area contributed by atoms with Gasteiger partial charge in [0.2, 0.25) is 5.91 Å². The molecule has 6 nitrogen and oxygen atoms in total. The van der Waals surface area contributed by atoms with E-state index in [1.165, 1.54) is 13.3 Å². The normalized spacial score (nSPS) is 13.2. The molecule has 0 saturated heterocycles. The molecule has 0 bridgehead atoms. The first kappa shape index (κ1) is 19.9. The van der Waals surface area contributed by atoms with Gasteiger partial charge in [-0.05, 0) is 55.5 Å². The Hall–Kier alpha value is -3.41. The van der Waals surface area contributed by atoms with Gasteiger partial charge < -0.3 is 10.6 Å². The van der Waals surface area contributed by atoms with Crippen LogP contribution in [-0.2, 0) is 24.2 Å². The van der Waals surface area contributed by atoms with Crippen LogP contribution >= 0.6 is 0 Å². The molecule has 1 heterocycles. The Morgan fingerprint density at radius 1 is 0.967 bits per heavy atom. The highest BCUT2D eigenvalue weighted by Gasteiger charge is 2.24. The molecular weight excluding hydrogens is 376 g/mol. The molecule has 1 aromatic heterocycles. The summed E-state index contributed by atoms with van der Waals surface area (Å²) in [5.41, 5.74) is 5.46. The van der Waals surface area contributed by atoms with Gasteiger partial charge in [-0.25, -0.2) is 4.68 Å². The van der Waals surface area contributed by atoms with E-state index >= 15 is 0 Å². The van der Waals surface area contributed by atoms with Gasteiger partial charge in [-0.3, -0.25) is 9.59 Å². The van der Waals surface area contributed by atoms with E-state index in [1.807, 2.05) is 59.3 Å². The number of hydrogen-bond donors (Lipinski definition) is 2. The lowest BCUT2D eigenvalue weighted by atomic mass is 10.1. The maximum absolute atomic E-state index is 13.0. The first-order chi connectivity index (χ1) is 14.6. The number of carbonyl (C=O) groups is 2. The van der Waals surface area contributed by atoms with Crippen molar-refractivity contribution in [3.63, 3.8) is 0 Å². The Morgan fingerprint density at radius 3 is 2.43 bits per heavy atom. The summed E-state index contributed by atoms with van der Waals surface area (Å²) >= 11 is 0. The van der Waals surface area contributed by atoms with Crippen LogP contribution < -0.4 is 10.6 Å². The van der Waals surface area contributed by atoms with E-state index in [2.05, 4.69) is 10.6 Å². The lowest BCUT2D eigenvalue weighted by molar-refractivity contribution is -0.114. The first-order valence-electron chi connectivity index (χ1n) is 10.4. The summed E-state index contributed by atoms with van der Waals surface area (Å²) in [5, 5.41) is 10.5. The molecule has 0 fully saturated rings. The van der Waals surface area contributed by atoms with Crippen molar-refractivity contribution in [2.24, 2.45) is 0 Å². The van der Waals surface area contributed by atoms with E-state index in [4.69, 9.17) is 5.10 Å². The molecule has 0 saturated carbocycles. The molecule has 2 N–H and O–H groups in total. The quantitative estimate of drug-likeness (QED) is 0.633. The number of nitrogens with one attached hydrogen (secondary N) is 2. The Labute approximate surface area is 176 Å². The minimum atomic E-state index is -0.145. The fourth-order valence-electron chi connectivity index (χ4n) is 3.92. The van der Waals surface area contributed by atoms with Gasteiger partial charge in [0.15, 0.2) is 5.69 Å². The van der Waals surface area contributed by atoms with E-state index in [0.29, 0.717) is 12.2 Å². The number of aromatic nitrogens is 2. The summed E-state index contributed by atoms with van der Waals surface area (Å²) in [5.74, 6) is -0.250. The maximum Gasteiger partial charge on any atom is 0.272 e. The molecule has 2 amide bonds. The standard InChI is InChI=1S/C24H26N4O2/c1-17(29)26-19-14-12-18(13-15-19)16-25-24(30)23-21-10-6-3-7-11-22(21)28(27-23)20-8-4-2-5-9-20/h2,4-5,8-9,12-15H,3,6-7,10-11,16H2,1H3,(H,25,30)(H,26,29). The van der Waals surface area contributed by atoms with Gasteiger partial charge in [0.05, 0.1) is 5.69 Å². The van der Waals surface area contributed by atoms with Crippen LogP contribution in [0.1, 0.15) is 53.5 Å². The molecule has 1 aliphatic rings. The van der Waals surface area contributed by atoms with Gasteiger partial charge >= 0.3 is 0 Å². The molecular formula is C24H26N4O2. The number of fused-ring (bicyclic) bond motifs is 1. The van der Waals surface area contributed by atoms with E-state index in [0.717, 1.165) is 53.9 Å². The van der Waals surface area contributed by atoms with Crippen LogP contribution in [0, 0.1) is 0 Å². The minimum absolute atomic E-state index is 0.106.